The highest BCUT2D eigenvalue weighted by Crippen LogP contribution is 2.19. The molecule has 1 rings (SSSR count). The van der Waals surface area contributed by atoms with Crippen molar-refractivity contribution in [3.05, 3.63) is 33.4 Å². The van der Waals surface area contributed by atoms with Crippen molar-refractivity contribution in [3.63, 3.8) is 0 Å². The summed E-state index contributed by atoms with van der Waals surface area (Å²) >= 11 is 0. The Balaban J connectivity index is 2.81. The molecule has 0 amide bonds. The summed E-state index contributed by atoms with van der Waals surface area (Å²) in [5.74, 6) is 0. The quantitative estimate of drug-likeness (QED) is 0.426. The van der Waals surface area contributed by atoms with E-state index in [1.54, 1.807) is 6.92 Å². The lowest BCUT2D eigenvalue weighted by Gasteiger charge is -2.13. The Morgan fingerprint density at radius 2 is 2.18 bits per heavy atom. The predicted octanol–water partition coefficient (Wildman–Crippen LogP) is 1.93. The van der Waals surface area contributed by atoms with E-state index in [1.165, 1.54) is 0 Å². The van der Waals surface area contributed by atoms with E-state index in [0.717, 1.165) is 11.1 Å². The summed E-state index contributed by atoms with van der Waals surface area (Å²) < 4.78 is 0. The van der Waals surface area contributed by atoms with Gasteiger partial charge in [-0.25, -0.2) is 0 Å². The van der Waals surface area contributed by atoms with Gasteiger partial charge in [0.15, 0.2) is 0 Å². The van der Waals surface area contributed by atoms with Gasteiger partial charge in [0.05, 0.1) is 0 Å². The van der Waals surface area contributed by atoms with E-state index in [1.807, 2.05) is 19.1 Å². The molecule has 1 aliphatic carbocycles. The van der Waals surface area contributed by atoms with Crippen LogP contribution in [0.4, 0.5) is 0 Å². The van der Waals surface area contributed by atoms with Crippen molar-refractivity contribution in [1.29, 1.82) is 0 Å². The maximum Gasteiger partial charge on any atom is 0.237 e. The number of allylic oxidation sites excluding steroid dienone is 2. The molecule has 3 nitrogen and oxygen atoms in total. The third kappa shape index (κ3) is 1.67. The Morgan fingerprint density at radius 1 is 1.55 bits per heavy atom. The first-order valence-corrected chi connectivity index (χ1v) is 3.58. The van der Waals surface area contributed by atoms with Crippen LogP contribution in [0.15, 0.2) is 23.3 Å². The Hall–Kier alpha value is -1.12. The second kappa shape index (κ2) is 2.86. The van der Waals surface area contributed by atoms with Gasteiger partial charge < -0.3 is 0 Å². The van der Waals surface area contributed by atoms with E-state index in [9.17, 15) is 10.1 Å². The fourth-order valence-corrected chi connectivity index (χ4v) is 1.16. The molecule has 0 aromatic carbocycles. The van der Waals surface area contributed by atoms with Gasteiger partial charge in [0.2, 0.25) is 6.04 Å². The van der Waals surface area contributed by atoms with Crippen molar-refractivity contribution in [1.82, 2.24) is 0 Å². The topological polar surface area (TPSA) is 43.1 Å². The summed E-state index contributed by atoms with van der Waals surface area (Å²) in [6.45, 7) is 3.72. The van der Waals surface area contributed by atoms with E-state index >= 15 is 0 Å². The summed E-state index contributed by atoms with van der Waals surface area (Å²) in [6, 6.07) is -0.486. The summed E-state index contributed by atoms with van der Waals surface area (Å²) in [5, 5.41) is 10.4. The SMILES string of the molecule is CC1=CC=C(C)C([N+](=O)[O-])C1. The molecule has 11 heavy (non-hydrogen) atoms. The van der Waals surface area contributed by atoms with Crippen LogP contribution in [0.3, 0.4) is 0 Å². The van der Waals surface area contributed by atoms with Gasteiger partial charge in [0, 0.05) is 16.9 Å². The highest BCUT2D eigenvalue weighted by Gasteiger charge is 2.24. The van der Waals surface area contributed by atoms with Crippen molar-refractivity contribution in [2.75, 3.05) is 0 Å². The lowest BCUT2D eigenvalue weighted by molar-refractivity contribution is -0.511. The van der Waals surface area contributed by atoms with Crippen LogP contribution in [0.2, 0.25) is 0 Å². The Labute approximate surface area is 65.6 Å². The van der Waals surface area contributed by atoms with Crippen LogP contribution in [-0.2, 0) is 0 Å². The molecule has 1 unspecified atom stereocenters. The molecule has 3 heteroatoms. The highest BCUT2D eigenvalue weighted by atomic mass is 16.6. The normalized spacial score (nSPS) is 24.0. The van der Waals surface area contributed by atoms with E-state index in [0.29, 0.717) is 6.42 Å². The smallest absolute Gasteiger partial charge is 0.237 e. The summed E-state index contributed by atoms with van der Waals surface area (Å²) in [7, 11) is 0. The van der Waals surface area contributed by atoms with Gasteiger partial charge in [-0.2, -0.15) is 0 Å². The number of rotatable bonds is 1. The number of nitro groups is 1. The molecule has 0 bridgehead atoms. The average molecular weight is 153 g/mol. The largest absolute Gasteiger partial charge is 0.264 e. The first-order chi connectivity index (χ1) is 5.11. The van der Waals surface area contributed by atoms with Gasteiger partial charge in [0.1, 0.15) is 0 Å². The molecule has 0 aromatic rings. The first kappa shape index (κ1) is 7.98. The molecule has 60 valence electrons. The third-order valence-electron chi connectivity index (χ3n) is 1.93. The first-order valence-electron chi connectivity index (χ1n) is 3.58. The molecule has 0 saturated heterocycles. The fourth-order valence-electron chi connectivity index (χ4n) is 1.16. The second-order valence-electron chi connectivity index (χ2n) is 2.93. The molecule has 1 atom stereocenters. The van der Waals surface area contributed by atoms with Gasteiger partial charge in [0.25, 0.3) is 0 Å². The Bertz CT molecular complexity index is 240. The number of hydrogen-bond acceptors (Lipinski definition) is 2. The van der Waals surface area contributed by atoms with Crippen molar-refractivity contribution < 1.29 is 4.92 Å². The molecular formula is C8H11NO2. The molecule has 0 saturated carbocycles. The zero-order valence-electron chi connectivity index (χ0n) is 6.70. The van der Waals surface area contributed by atoms with Gasteiger partial charge >= 0.3 is 0 Å². The lowest BCUT2D eigenvalue weighted by atomic mass is 9.96. The van der Waals surface area contributed by atoms with Crippen LogP contribution in [0.5, 0.6) is 0 Å². The molecule has 0 spiro atoms. The van der Waals surface area contributed by atoms with Crippen LogP contribution >= 0.6 is 0 Å². The molecular weight excluding hydrogens is 142 g/mol. The zero-order chi connectivity index (χ0) is 8.43. The maximum absolute atomic E-state index is 10.4. The minimum atomic E-state index is -0.486. The monoisotopic (exact) mass is 153 g/mol. The maximum atomic E-state index is 10.4. The van der Waals surface area contributed by atoms with E-state index in [-0.39, 0.29) is 4.92 Å². The van der Waals surface area contributed by atoms with Crippen molar-refractivity contribution >= 4 is 0 Å². The van der Waals surface area contributed by atoms with Crippen molar-refractivity contribution in [2.24, 2.45) is 0 Å². The zero-order valence-corrected chi connectivity index (χ0v) is 6.70. The van der Waals surface area contributed by atoms with Crippen molar-refractivity contribution in [3.8, 4) is 0 Å². The standard InChI is InChI=1S/C8H11NO2/c1-6-3-4-7(2)8(5-6)9(10)11/h3-4,8H,5H2,1-2H3. The van der Waals surface area contributed by atoms with Gasteiger partial charge in [-0.15, -0.1) is 0 Å². The third-order valence-corrected chi connectivity index (χ3v) is 1.93. The summed E-state index contributed by atoms with van der Waals surface area (Å²) in [4.78, 5) is 10.2. The molecule has 0 aliphatic heterocycles. The van der Waals surface area contributed by atoms with E-state index in [4.69, 9.17) is 0 Å². The fraction of sp³-hybridized carbons (Fsp3) is 0.500. The van der Waals surface area contributed by atoms with Gasteiger partial charge in [-0.1, -0.05) is 17.7 Å². The molecule has 1 aliphatic rings. The number of nitrogens with zero attached hydrogens (tertiary/aromatic N) is 1. The van der Waals surface area contributed by atoms with Gasteiger partial charge in [-0.3, -0.25) is 10.1 Å². The van der Waals surface area contributed by atoms with E-state index < -0.39 is 6.04 Å². The highest BCUT2D eigenvalue weighted by molar-refractivity contribution is 5.24. The van der Waals surface area contributed by atoms with Crippen molar-refractivity contribution in [2.45, 2.75) is 26.3 Å². The van der Waals surface area contributed by atoms with Crippen LogP contribution in [0, 0.1) is 10.1 Å². The number of hydrogen-bond donors (Lipinski definition) is 0. The average Bonchev–Trinajstić information content (AvgIpc) is 1.94. The summed E-state index contributed by atoms with van der Waals surface area (Å²) in [6.07, 6.45) is 4.33. The molecule has 0 N–H and O–H groups in total. The Morgan fingerprint density at radius 3 is 2.64 bits per heavy atom. The molecule has 0 aromatic heterocycles. The molecule has 0 radical (unpaired) electrons. The van der Waals surface area contributed by atoms with E-state index in [2.05, 4.69) is 0 Å². The van der Waals surface area contributed by atoms with Crippen LogP contribution < -0.4 is 0 Å². The summed E-state index contributed by atoms with van der Waals surface area (Å²) in [5.41, 5.74) is 1.93. The minimum absolute atomic E-state index is 0.220. The lowest BCUT2D eigenvalue weighted by Crippen LogP contribution is -2.22. The Kier molecular flexibility index (Phi) is 2.08. The molecule has 0 fully saturated rings. The van der Waals surface area contributed by atoms with Crippen LogP contribution in [0.25, 0.3) is 0 Å². The second-order valence-corrected chi connectivity index (χ2v) is 2.93. The van der Waals surface area contributed by atoms with Gasteiger partial charge in [-0.05, 0) is 13.8 Å². The molecule has 0 heterocycles. The van der Waals surface area contributed by atoms with Crippen LogP contribution in [0.1, 0.15) is 20.3 Å². The minimum Gasteiger partial charge on any atom is -0.264 e. The van der Waals surface area contributed by atoms with Crippen LogP contribution in [-0.4, -0.2) is 11.0 Å². The predicted molar refractivity (Wildman–Crippen MR) is 42.9 cm³/mol.